The molecule has 0 aliphatic carbocycles. The van der Waals surface area contributed by atoms with Gasteiger partial charge in [0, 0.05) is 0 Å². The molecule has 0 saturated carbocycles. The number of esters is 2. The lowest BCUT2D eigenvalue weighted by molar-refractivity contribution is -0.149. The van der Waals surface area contributed by atoms with Crippen molar-refractivity contribution in [2.24, 2.45) is 5.92 Å². The van der Waals surface area contributed by atoms with E-state index in [2.05, 4.69) is 14.8 Å². The molecule has 1 N–H and O–H groups in total. The summed E-state index contributed by atoms with van der Waals surface area (Å²) in [5, 5.41) is 2.42. The third kappa shape index (κ3) is 4.77. The number of carbonyl (C=O) groups is 3. The Bertz CT molecular complexity index is 274. The van der Waals surface area contributed by atoms with E-state index >= 15 is 0 Å². The van der Waals surface area contributed by atoms with Crippen LogP contribution in [0.3, 0.4) is 0 Å². The van der Waals surface area contributed by atoms with Gasteiger partial charge in [0.15, 0.2) is 0 Å². The smallest absolute Gasteiger partial charge is 0.328 e. The number of carbonyl (C=O) groups excluding carboxylic acids is 3. The van der Waals surface area contributed by atoms with Crippen LogP contribution in [0.1, 0.15) is 20.3 Å². The minimum atomic E-state index is -0.748. The van der Waals surface area contributed by atoms with E-state index in [1.54, 1.807) is 13.8 Å². The Balaban J connectivity index is 4.35. The molecule has 6 heteroatoms. The average Bonchev–Trinajstić information content (AvgIpc) is 2.24. The highest BCUT2D eigenvalue weighted by molar-refractivity contribution is 5.96. The molecule has 1 atom stereocenters. The molecule has 0 radical (unpaired) electrons. The third-order valence-corrected chi connectivity index (χ3v) is 1.97. The standard InChI is InChI=1S/C10H17NO5/c1-6(2)9(10(14)16-4)11-7(12)5-8(13)15-3/h6,9H,5H2,1-4H3,(H,11,12). The van der Waals surface area contributed by atoms with Crippen molar-refractivity contribution in [1.29, 1.82) is 0 Å². The zero-order chi connectivity index (χ0) is 12.7. The molecule has 1 amide bonds. The number of nitrogens with one attached hydrogen (secondary N) is 1. The van der Waals surface area contributed by atoms with Crippen molar-refractivity contribution in [3.05, 3.63) is 0 Å². The topological polar surface area (TPSA) is 81.7 Å². The van der Waals surface area contributed by atoms with E-state index in [0.717, 1.165) is 0 Å². The first-order valence-corrected chi connectivity index (χ1v) is 4.86. The first kappa shape index (κ1) is 14.4. The highest BCUT2D eigenvalue weighted by atomic mass is 16.5. The summed E-state index contributed by atoms with van der Waals surface area (Å²) in [6.45, 7) is 3.53. The molecule has 0 spiro atoms. The third-order valence-electron chi connectivity index (χ3n) is 1.97. The summed E-state index contributed by atoms with van der Waals surface area (Å²) in [5.74, 6) is -1.86. The normalized spacial score (nSPS) is 11.8. The van der Waals surface area contributed by atoms with Crippen molar-refractivity contribution in [1.82, 2.24) is 5.32 Å². The molecule has 0 aromatic heterocycles. The predicted molar refractivity (Wildman–Crippen MR) is 55.4 cm³/mol. The summed E-state index contributed by atoms with van der Waals surface area (Å²) in [7, 11) is 2.43. The van der Waals surface area contributed by atoms with Gasteiger partial charge in [-0.25, -0.2) is 4.79 Å². The maximum absolute atomic E-state index is 11.3. The summed E-state index contributed by atoms with van der Waals surface area (Å²) in [4.78, 5) is 33.4. The van der Waals surface area contributed by atoms with Crippen LogP contribution in [0, 0.1) is 5.92 Å². The molecular weight excluding hydrogens is 214 g/mol. The monoisotopic (exact) mass is 231 g/mol. The van der Waals surface area contributed by atoms with Crippen molar-refractivity contribution in [3.8, 4) is 0 Å². The van der Waals surface area contributed by atoms with Crippen LogP contribution in [0.15, 0.2) is 0 Å². The van der Waals surface area contributed by atoms with Gasteiger partial charge in [-0.3, -0.25) is 9.59 Å². The summed E-state index contributed by atoms with van der Waals surface area (Å²) < 4.78 is 8.87. The van der Waals surface area contributed by atoms with Gasteiger partial charge in [0.2, 0.25) is 5.91 Å². The summed E-state index contributed by atoms with van der Waals surface area (Å²) >= 11 is 0. The zero-order valence-electron chi connectivity index (χ0n) is 9.90. The van der Waals surface area contributed by atoms with Crippen molar-refractivity contribution in [2.75, 3.05) is 14.2 Å². The van der Waals surface area contributed by atoms with Crippen LogP contribution >= 0.6 is 0 Å². The van der Waals surface area contributed by atoms with Gasteiger partial charge in [0.05, 0.1) is 14.2 Å². The van der Waals surface area contributed by atoms with Gasteiger partial charge in [-0.2, -0.15) is 0 Å². The minimum Gasteiger partial charge on any atom is -0.469 e. The second-order valence-corrected chi connectivity index (χ2v) is 3.57. The molecule has 0 aliphatic rings. The number of hydrogen-bond acceptors (Lipinski definition) is 5. The number of rotatable bonds is 5. The van der Waals surface area contributed by atoms with Gasteiger partial charge in [-0.1, -0.05) is 13.8 Å². The molecule has 0 rings (SSSR count). The van der Waals surface area contributed by atoms with Crippen LogP contribution in [-0.4, -0.2) is 38.1 Å². The summed E-state index contributed by atoms with van der Waals surface area (Å²) in [5.41, 5.74) is 0. The second-order valence-electron chi connectivity index (χ2n) is 3.57. The molecular formula is C10H17NO5. The van der Waals surface area contributed by atoms with Crippen LogP contribution in [0.25, 0.3) is 0 Å². The molecule has 0 aromatic carbocycles. The molecule has 0 aliphatic heterocycles. The van der Waals surface area contributed by atoms with E-state index < -0.39 is 30.3 Å². The van der Waals surface area contributed by atoms with E-state index in [1.807, 2.05) is 0 Å². The van der Waals surface area contributed by atoms with E-state index in [4.69, 9.17) is 0 Å². The van der Waals surface area contributed by atoms with E-state index in [0.29, 0.717) is 0 Å². The lowest BCUT2D eigenvalue weighted by atomic mass is 10.0. The summed E-state index contributed by atoms with van der Waals surface area (Å²) in [6, 6.07) is -0.748. The Labute approximate surface area is 94.3 Å². The maximum atomic E-state index is 11.3. The molecule has 0 bridgehead atoms. The number of methoxy groups -OCH3 is 2. The van der Waals surface area contributed by atoms with Crippen LogP contribution in [0.5, 0.6) is 0 Å². The van der Waals surface area contributed by atoms with Gasteiger partial charge in [0.1, 0.15) is 12.5 Å². The predicted octanol–water partition coefficient (Wildman–Crippen LogP) is -0.137. The highest BCUT2D eigenvalue weighted by Crippen LogP contribution is 2.04. The van der Waals surface area contributed by atoms with Gasteiger partial charge in [0.25, 0.3) is 0 Å². The van der Waals surface area contributed by atoms with Crippen LogP contribution in [0.4, 0.5) is 0 Å². The van der Waals surface area contributed by atoms with Gasteiger partial charge in [-0.05, 0) is 5.92 Å². The Morgan fingerprint density at radius 2 is 1.69 bits per heavy atom. The average molecular weight is 231 g/mol. The quantitative estimate of drug-likeness (QED) is 0.526. The van der Waals surface area contributed by atoms with Crippen molar-refractivity contribution < 1.29 is 23.9 Å². The molecule has 6 nitrogen and oxygen atoms in total. The fourth-order valence-corrected chi connectivity index (χ4v) is 1.05. The van der Waals surface area contributed by atoms with Crippen LogP contribution in [-0.2, 0) is 23.9 Å². The summed E-state index contributed by atoms with van der Waals surface area (Å²) in [6.07, 6.45) is -0.406. The number of amides is 1. The van der Waals surface area contributed by atoms with Crippen molar-refractivity contribution >= 4 is 17.8 Å². The highest BCUT2D eigenvalue weighted by Gasteiger charge is 2.25. The fraction of sp³-hybridized carbons (Fsp3) is 0.700. The molecule has 0 saturated heterocycles. The Morgan fingerprint density at radius 1 is 1.12 bits per heavy atom. The van der Waals surface area contributed by atoms with Gasteiger partial charge in [-0.15, -0.1) is 0 Å². The molecule has 1 unspecified atom stereocenters. The minimum absolute atomic E-state index is 0.117. The van der Waals surface area contributed by atoms with E-state index in [1.165, 1.54) is 14.2 Å². The molecule has 0 heterocycles. The first-order valence-electron chi connectivity index (χ1n) is 4.86. The Morgan fingerprint density at radius 3 is 2.06 bits per heavy atom. The van der Waals surface area contributed by atoms with E-state index in [-0.39, 0.29) is 5.92 Å². The van der Waals surface area contributed by atoms with Crippen molar-refractivity contribution in [2.45, 2.75) is 26.3 Å². The SMILES string of the molecule is COC(=O)CC(=O)NC(C(=O)OC)C(C)C. The molecule has 0 fully saturated rings. The molecule has 16 heavy (non-hydrogen) atoms. The zero-order valence-corrected chi connectivity index (χ0v) is 9.90. The van der Waals surface area contributed by atoms with Crippen LogP contribution < -0.4 is 5.32 Å². The fourth-order valence-electron chi connectivity index (χ4n) is 1.05. The van der Waals surface area contributed by atoms with Crippen molar-refractivity contribution in [3.63, 3.8) is 0 Å². The van der Waals surface area contributed by atoms with Crippen LogP contribution in [0.2, 0.25) is 0 Å². The number of hydrogen-bond donors (Lipinski definition) is 1. The van der Waals surface area contributed by atoms with Gasteiger partial charge >= 0.3 is 11.9 Å². The maximum Gasteiger partial charge on any atom is 0.328 e. The Hall–Kier alpha value is -1.59. The Kier molecular flexibility index (Phi) is 6.14. The lowest BCUT2D eigenvalue weighted by Crippen LogP contribution is -2.45. The number of ether oxygens (including phenoxy) is 2. The lowest BCUT2D eigenvalue weighted by Gasteiger charge is -2.19. The second kappa shape index (κ2) is 6.81. The van der Waals surface area contributed by atoms with E-state index in [9.17, 15) is 14.4 Å². The first-order chi connectivity index (χ1) is 7.42. The molecule has 0 aromatic rings. The molecule has 92 valence electrons. The largest absolute Gasteiger partial charge is 0.469 e. The van der Waals surface area contributed by atoms with Gasteiger partial charge < -0.3 is 14.8 Å².